The molecule has 0 bridgehead atoms. The van der Waals surface area contributed by atoms with Gasteiger partial charge in [-0.3, -0.25) is 9.59 Å². The van der Waals surface area contributed by atoms with Crippen LogP contribution in [0, 0.1) is 13.8 Å². The van der Waals surface area contributed by atoms with E-state index in [1.54, 1.807) is 16.8 Å². The molecular formula is C26H26N6O2S. The highest BCUT2D eigenvalue weighted by Crippen LogP contribution is 2.41. The van der Waals surface area contributed by atoms with Crippen molar-refractivity contribution in [2.45, 2.75) is 33.1 Å². The van der Waals surface area contributed by atoms with Gasteiger partial charge in [-0.25, -0.2) is 4.68 Å². The van der Waals surface area contributed by atoms with Gasteiger partial charge in [-0.05, 0) is 78.4 Å². The largest absolute Gasteiger partial charge is 0.339 e. The van der Waals surface area contributed by atoms with Gasteiger partial charge in [-0.15, -0.1) is 16.4 Å². The second-order valence-electron chi connectivity index (χ2n) is 8.69. The minimum atomic E-state index is -0.259. The average molecular weight is 487 g/mol. The first-order valence-corrected chi connectivity index (χ1v) is 12.5. The summed E-state index contributed by atoms with van der Waals surface area (Å²) in [7, 11) is 0. The number of carbonyl (C=O) groups excluding carboxylic acids is 2. The lowest BCUT2D eigenvalue weighted by Gasteiger charge is -2.27. The summed E-state index contributed by atoms with van der Waals surface area (Å²) in [6.45, 7) is 5.37. The Kier molecular flexibility index (Phi) is 6.41. The highest BCUT2D eigenvalue weighted by atomic mass is 32.1. The molecule has 8 nitrogen and oxygen atoms in total. The predicted molar refractivity (Wildman–Crippen MR) is 136 cm³/mol. The lowest BCUT2D eigenvalue weighted by Crippen LogP contribution is -2.36. The van der Waals surface area contributed by atoms with Crippen molar-refractivity contribution in [3.8, 4) is 16.1 Å². The molecule has 3 heterocycles. The van der Waals surface area contributed by atoms with Gasteiger partial charge in [0.15, 0.2) is 0 Å². The highest BCUT2D eigenvalue weighted by Gasteiger charge is 2.28. The molecule has 178 valence electrons. The minimum Gasteiger partial charge on any atom is -0.339 e. The van der Waals surface area contributed by atoms with E-state index in [9.17, 15) is 9.59 Å². The summed E-state index contributed by atoms with van der Waals surface area (Å²) < 4.78 is 1.56. The van der Waals surface area contributed by atoms with Crippen molar-refractivity contribution in [3.63, 3.8) is 0 Å². The van der Waals surface area contributed by atoms with E-state index < -0.39 is 0 Å². The summed E-state index contributed by atoms with van der Waals surface area (Å²) in [6.07, 6.45) is 4.68. The summed E-state index contributed by atoms with van der Waals surface area (Å²) in [6, 6.07) is 15.3. The first-order valence-electron chi connectivity index (χ1n) is 11.7. The molecule has 1 saturated heterocycles. The fourth-order valence-corrected chi connectivity index (χ4v) is 5.68. The van der Waals surface area contributed by atoms with Crippen molar-refractivity contribution < 1.29 is 9.59 Å². The number of anilines is 1. The third-order valence-corrected chi connectivity index (χ3v) is 7.58. The molecule has 2 aromatic carbocycles. The number of nitrogens with zero attached hydrogens (tertiary/aromatic N) is 5. The van der Waals surface area contributed by atoms with E-state index in [4.69, 9.17) is 0 Å². The van der Waals surface area contributed by atoms with Crippen molar-refractivity contribution >= 4 is 28.2 Å². The molecule has 0 radical (unpaired) electrons. The summed E-state index contributed by atoms with van der Waals surface area (Å²) in [5, 5.41) is 14.9. The van der Waals surface area contributed by atoms with E-state index in [-0.39, 0.29) is 11.8 Å². The third-order valence-electron chi connectivity index (χ3n) is 6.32. The normalized spacial score (nSPS) is 13.6. The van der Waals surface area contributed by atoms with Crippen LogP contribution in [0.15, 0.2) is 54.9 Å². The number of benzene rings is 2. The number of tetrazole rings is 1. The zero-order chi connectivity index (χ0) is 24.4. The Bertz CT molecular complexity index is 1360. The number of carbonyl (C=O) groups is 2. The van der Waals surface area contributed by atoms with Gasteiger partial charge in [-0.1, -0.05) is 30.3 Å². The Hall–Kier alpha value is -3.85. The number of likely N-dealkylation sites (tertiary alicyclic amines) is 1. The standard InChI is InChI=1S/C26H26N6O2S/c1-17-15-20(11-12-21(17)32-16-27-29-30-32)24(33)28-25-22(26(34)31-13-7-4-8-14-31)18(2)23(35-25)19-9-5-3-6-10-19/h3,5-6,9-12,15-16H,4,7-8,13-14H2,1-2H3,(H,28,33). The molecule has 0 saturated carbocycles. The molecule has 35 heavy (non-hydrogen) atoms. The van der Waals surface area contributed by atoms with Crippen LogP contribution >= 0.6 is 11.3 Å². The summed E-state index contributed by atoms with van der Waals surface area (Å²) >= 11 is 1.45. The van der Waals surface area contributed by atoms with E-state index in [2.05, 4.69) is 20.8 Å². The van der Waals surface area contributed by atoms with Crippen molar-refractivity contribution in [2.75, 3.05) is 18.4 Å². The van der Waals surface area contributed by atoms with Crippen molar-refractivity contribution in [3.05, 3.63) is 77.1 Å². The van der Waals surface area contributed by atoms with Crippen molar-refractivity contribution in [1.82, 2.24) is 25.1 Å². The Morgan fingerprint density at radius 3 is 2.46 bits per heavy atom. The van der Waals surface area contributed by atoms with Crippen LogP contribution in [0.3, 0.4) is 0 Å². The van der Waals surface area contributed by atoms with Gasteiger partial charge in [0.25, 0.3) is 11.8 Å². The molecule has 1 N–H and O–H groups in total. The summed E-state index contributed by atoms with van der Waals surface area (Å²) in [4.78, 5) is 29.8. The molecule has 9 heteroatoms. The summed E-state index contributed by atoms with van der Waals surface area (Å²) in [5.41, 5.74) is 4.68. The smallest absolute Gasteiger partial charge is 0.257 e. The molecule has 4 aromatic rings. The van der Waals surface area contributed by atoms with E-state index in [1.165, 1.54) is 17.7 Å². The van der Waals surface area contributed by atoms with E-state index >= 15 is 0 Å². The number of amides is 2. The second-order valence-corrected chi connectivity index (χ2v) is 9.71. The van der Waals surface area contributed by atoms with Crippen molar-refractivity contribution in [1.29, 1.82) is 0 Å². The molecule has 2 amide bonds. The molecule has 0 atom stereocenters. The van der Waals surface area contributed by atoms with Crippen molar-refractivity contribution in [2.24, 2.45) is 0 Å². The molecule has 5 rings (SSSR count). The van der Waals surface area contributed by atoms with E-state index in [0.29, 0.717) is 16.1 Å². The topological polar surface area (TPSA) is 93.0 Å². The molecule has 2 aromatic heterocycles. The average Bonchev–Trinajstić information content (AvgIpc) is 3.53. The number of aryl methyl sites for hydroxylation is 1. The predicted octanol–water partition coefficient (Wildman–Crippen LogP) is 4.89. The fraction of sp³-hybridized carbons (Fsp3) is 0.269. The van der Waals surface area contributed by atoms with Crippen LogP contribution in [0.25, 0.3) is 16.1 Å². The van der Waals surface area contributed by atoms with E-state index in [0.717, 1.165) is 59.6 Å². The number of rotatable bonds is 5. The van der Waals surface area contributed by atoms with Gasteiger partial charge in [0.05, 0.1) is 11.3 Å². The molecule has 1 aliphatic heterocycles. The number of nitrogens with one attached hydrogen (secondary N) is 1. The van der Waals surface area contributed by atoms with Crippen LogP contribution in [-0.4, -0.2) is 50.0 Å². The maximum atomic E-state index is 13.6. The monoisotopic (exact) mass is 486 g/mol. The zero-order valence-electron chi connectivity index (χ0n) is 19.7. The second kappa shape index (κ2) is 9.79. The van der Waals surface area contributed by atoms with E-state index in [1.807, 2.05) is 55.1 Å². The Morgan fingerprint density at radius 1 is 1.00 bits per heavy atom. The molecule has 1 aliphatic rings. The molecule has 1 fully saturated rings. The molecular weight excluding hydrogens is 460 g/mol. The quantitative estimate of drug-likeness (QED) is 0.434. The van der Waals surface area contributed by atoms with Crippen LogP contribution in [0.4, 0.5) is 5.00 Å². The lowest BCUT2D eigenvalue weighted by molar-refractivity contribution is 0.0725. The van der Waals surface area contributed by atoms with Gasteiger partial charge in [0.2, 0.25) is 0 Å². The number of hydrogen-bond donors (Lipinski definition) is 1. The Morgan fingerprint density at radius 2 is 1.77 bits per heavy atom. The van der Waals surface area contributed by atoms with Crippen LogP contribution < -0.4 is 5.32 Å². The zero-order valence-corrected chi connectivity index (χ0v) is 20.5. The minimum absolute atomic E-state index is 0.0128. The Balaban J connectivity index is 1.49. The maximum absolute atomic E-state index is 13.6. The first kappa shape index (κ1) is 22.9. The van der Waals surface area contributed by atoms with Gasteiger partial charge < -0.3 is 10.2 Å². The summed E-state index contributed by atoms with van der Waals surface area (Å²) in [5.74, 6) is -0.272. The number of thiophene rings is 1. The van der Waals surface area contributed by atoms with Crippen LogP contribution in [0.5, 0.6) is 0 Å². The highest BCUT2D eigenvalue weighted by molar-refractivity contribution is 7.20. The maximum Gasteiger partial charge on any atom is 0.257 e. The van der Waals surface area contributed by atoms with Crippen LogP contribution in [0.2, 0.25) is 0 Å². The SMILES string of the molecule is Cc1cc(C(=O)Nc2sc(-c3ccccc3)c(C)c2C(=O)N2CCCCC2)ccc1-n1cnnn1. The number of hydrogen-bond acceptors (Lipinski definition) is 6. The lowest BCUT2D eigenvalue weighted by atomic mass is 10.0. The number of aromatic nitrogens is 4. The third kappa shape index (κ3) is 4.59. The fourth-order valence-electron chi connectivity index (χ4n) is 4.48. The first-order chi connectivity index (χ1) is 17.0. The van der Waals surface area contributed by atoms with Crippen LogP contribution in [-0.2, 0) is 0 Å². The van der Waals surface area contributed by atoms with Gasteiger partial charge in [0.1, 0.15) is 11.3 Å². The van der Waals surface area contributed by atoms with Crippen LogP contribution in [0.1, 0.15) is 51.1 Å². The molecule has 0 aliphatic carbocycles. The molecule has 0 unspecified atom stereocenters. The number of piperidine rings is 1. The van der Waals surface area contributed by atoms with Gasteiger partial charge >= 0.3 is 0 Å². The Labute approximate surface area is 207 Å². The van der Waals surface area contributed by atoms with Gasteiger partial charge in [-0.2, -0.15) is 0 Å². The van der Waals surface area contributed by atoms with Gasteiger partial charge in [0, 0.05) is 23.5 Å². The molecule has 0 spiro atoms.